The zero-order valence-corrected chi connectivity index (χ0v) is 11.1. The molecule has 1 heterocycles. The van der Waals surface area contributed by atoms with Crippen LogP contribution in [0.1, 0.15) is 12.8 Å². The van der Waals surface area contributed by atoms with E-state index in [-0.39, 0.29) is 22.8 Å². The molecule has 1 aliphatic rings. The van der Waals surface area contributed by atoms with Crippen LogP contribution in [0.5, 0.6) is 0 Å². The lowest BCUT2D eigenvalue weighted by atomic mass is 9.89. The maximum atomic E-state index is 11.4. The Kier molecular flexibility index (Phi) is 3.23. The molecule has 0 atom stereocenters. The third-order valence-electron chi connectivity index (χ3n) is 3.73. The van der Waals surface area contributed by atoms with Gasteiger partial charge in [0.15, 0.2) is 0 Å². The molecular weight excluding hydrogens is 258 g/mol. The Morgan fingerprint density at radius 2 is 2.20 bits per heavy atom. The fourth-order valence-corrected chi connectivity index (χ4v) is 2.55. The van der Waals surface area contributed by atoms with Crippen molar-refractivity contribution in [3.05, 3.63) is 40.6 Å². The number of nitro benzene ring substituents is 1. The van der Waals surface area contributed by atoms with Crippen LogP contribution in [-0.4, -0.2) is 29.2 Å². The van der Waals surface area contributed by atoms with Crippen molar-refractivity contribution < 1.29 is 9.66 Å². The van der Waals surface area contributed by atoms with Crippen LogP contribution < -0.4 is 5.32 Å². The molecule has 6 nitrogen and oxygen atoms in total. The number of aromatic nitrogens is 1. The van der Waals surface area contributed by atoms with Gasteiger partial charge in [0.05, 0.1) is 21.9 Å². The Morgan fingerprint density at radius 3 is 2.90 bits per heavy atom. The van der Waals surface area contributed by atoms with Crippen LogP contribution in [0.15, 0.2) is 30.5 Å². The van der Waals surface area contributed by atoms with Crippen molar-refractivity contribution in [3.8, 4) is 0 Å². The fourth-order valence-electron chi connectivity index (χ4n) is 2.55. The van der Waals surface area contributed by atoms with Crippen molar-refractivity contribution in [2.45, 2.75) is 25.0 Å². The molecule has 1 aromatic carbocycles. The predicted octanol–water partition coefficient (Wildman–Crippen LogP) is 2.73. The first-order valence-corrected chi connectivity index (χ1v) is 6.50. The van der Waals surface area contributed by atoms with Crippen molar-refractivity contribution in [1.82, 2.24) is 4.98 Å². The van der Waals surface area contributed by atoms with Gasteiger partial charge in [-0.2, -0.15) is 0 Å². The quantitative estimate of drug-likeness (QED) is 0.684. The van der Waals surface area contributed by atoms with Gasteiger partial charge >= 0.3 is 5.69 Å². The Balaban J connectivity index is 1.94. The highest BCUT2D eigenvalue weighted by molar-refractivity contribution is 5.94. The first-order chi connectivity index (χ1) is 9.69. The lowest BCUT2D eigenvalue weighted by molar-refractivity contribution is -0.382. The average molecular weight is 273 g/mol. The first kappa shape index (κ1) is 12.8. The third kappa shape index (κ3) is 2.18. The van der Waals surface area contributed by atoms with E-state index in [0.717, 1.165) is 12.8 Å². The summed E-state index contributed by atoms with van der Waals surface area (Å²) >= 11 is 0. The zero-order chi connectivity index (χ0) is 14.1. The normalized spacial score (nSPS) is 21.4. The van der Waals surface area contributed by atoms with E-state index < -0.39 is 0 Å². The summed E-state index contributed by atoms with van der Waals surface area (Å²) in [6.07, 6.45) is 3.64. The Morgan fingerprint density at radius 1 is 1.40 bits per heavy atom. The molecule has 1 saturated carbocycles. The molecule has 0 unspecified atom stereocenters. The lowest BCUT2D eigenvalue weighted by Gasteiger charge is -2.35. The Bertz CT molecular complexity index is 653. The largest absolute Gasteiger partial charge is 0.381 e. The summed E-state index contributed by atoms with van der Waals surface area (Å²) in [7, 11) is 1.69. The molecular formula is C14H15N3O3. The molecule has 6 heteroatoms. The maximum absolute atomic E-state index is 11.4. The van der Waals surface area contributed by atoms with Crippen molar-refractivity contribution in [1.29, 1.82) is 0 Å². The van der Waals surface area contributed by atoms with Crippen LogP contribution in [0.4, 0.5) is 11.4 Å². The van der Waals surface area contributed by atoms with Gasteiger partial charge in [-0.3, -0.25) is 15.1 Å². The minimum absolute atomic E-state index is 0.0940. The summed E-state index contributed by atoms with van der Waals surface area (Å²) in [6, 6.07) is 7.20. The molecule has 1 aromatic heterocycles. The molecule has 1 aliphatic carbocycles. The molecule has 1 fully saturated rings. The summed E-state index contributed by atoms with van der Waals surface area (Å²) in [5, 5.41) is 15.2. The highest BCUT2D eigenvalue weighted by Gasteiger charge is 2.31. The standard InChI is InChI=1S/C14H15N3O3/c1-20-10-7-9(8-10)16-13-5-4-12-11(3-2-6-15-12)14(13)17(18)19/h2-6,9-10,16H,7-8H2,1H3. The van der Waals surface area contributed by atoms with Gasteiger partial charge in [0.25, 0.3) is 0 Å². The maximum Gasteiger partial charge on any atom is 0.301 e. The molecule has 1 N–H and O–H groups in total. The number of nitro groups is 1. The molecule has 0 amide bonds. The Hall–Kier alpha value is -2.21. The minimum Gasteiger partial charge on any atom is -0.381 e. The van der Waals surface area contributed by atoms with Crippen LogP contribution in [0, 0.1) is 10.1 Å². The summed E-state index contributed by atoms with van der Waals surface area (Å²) in [5.74, 6) is 0. The van der Waals surface area contributed by atoms with Crippen molar-refractivity contribution >= 4 is 22.3 Å². The summed E-state index contributed by atoms with van der Waals surface area (Å²) in [4.78, 5) is 15.2. The predicted molar refractivity (Wildman–Crippen MR) is 75.8 cm³/mol. The monoisotopic (exact) mass is 273 g/mol. The summed E-state index contributed by atoms with van der Waals surface area (Å²) < 4.78 is 5.22. The number of hydrogen-bond donors (Lipinski definition) is 1. The van der Waals surface area contributed by atoms with Crippen molar-refractivity contribution in [2.75, 3.05) is 12.4 Å². The van der Waals surface area contributed by atoms with E-state index in [2.05, 4.69) is 10.3 Å². The van der Waals surface area contributed by atoms with Gasteiger partial charge < -0.3 is 10.1 Å². The van der Waals surface area contributed by atoms with E-state index >= 15 is 0 Å². The molecule has 0 radical (unpaired) electrons. The second-order valence-corrected chi connectivity index (χ2v) is 4.96. The summed E-state index contributed by atoms with van der Waals surface area (Å²) in [5.41, 5.74) is 1.28. The van der Waals surface area contributed by atoms with Gasteiger partial charge in [-0.1, -0.05) is 0 Å². The molecule has 0 aliphatic heterocycles. The zero-order valence-electron chi connectivity index (χ0n) is 11.1. The van der Waals surface area contributed by atoms with Crippen LogP contribution in [0.3, 0.4) is 0 Å². The van der Waals surface area contributed by atoms with Crippen LogP contribution >= 0.6 is 0 Å². The number of nitrogens with one attached hydrogen (secondary N) is 1. The van der Waals surface area contributed by atoms with Gasteiger partial charge in [0, 0.05) is 19.3 Å². The number of anilines is 1. The number of rotatable bonds is 4. The summed E-state index contributed by atoms with van der Waals surface area (Å²) in [6.45, 7) is 0. The van der Waals surface area contributed by atoms with E-state index in [0.29, 0.717) is 16.6 Å². The van der Waals surface area contributed by atoms with Gasteiger partial charge in [-0.05, 0) is 37.1 Å². The fraction of sp³-hybridized carbons (Fsp3) is 0.357. The second-order valence-electron chi connectivity index (χ2n) is 4.96. The topological polar surface area (TPSA) is 77.3 Å². The van der Waals surface area contributed by atoms with Crippen molar-refractivity contribution in [3.63, 3.8) is 0 Å². The van der Waals surface area contributed by atoms with E-state index in [1.165, 1.54) is 0 Å². The smallest absolute Gasteiger partial charge is 0.301 e. The van der Waals surface area contributed by atoms with Gasteiger partial charge in [0.2, 0.25) is 0 Å². The number of methoxy groups -OCH3 is 1. The molecule has 0 saturated heterocycles. The van der Waals surface area contributed by atoms with Gasteiger partial charge in [0.1, 0.15) is 5.69 Å². The van der Waals surface area contributed by atoms with Gasteiger partial charge in [-0.15, -0.1) is 0 Å². The van der Waals surface area contributed by atoms with Crippen LogP contribution in [0.2, 0.25) is 0 Å². The van der Waals surface area contributed by atoms with Crippen LogP contribution in [-0.2, 0) is 4.74 Å². The van der Waals surface area contributed by atoms with Crippen molar-refractivity contribution in [2.24, 2.45) is 0 Å². The lowest BCUT2D eigenvalue weighted by Crippen LogP contribution is -2.40. The number of fused-ring (bicyclic) bond motifs is 1. The van der Waals surface area contributed by atoms with E-state index in [9.17, 15) is 10.1 Å². The van der Waals surface area contributed by atoms with E-state index in [1.54, 1.807) is 37.6 Å². The average Bonchev–Trinajstić information content (AvgIpc) is 2.41. The highest BCUT2D eigenvalue weighted by atomic mass is 16.6. The van der Waals surface area contributed by atoms with Crippen LogP contribution in [0.25, 0.3) is 10.9 Å². The number of benzene rings is 1. The number of pyridine rings is 1. The highest BCUT2D eigenvalue weighted by Crippen LogP contribution is 2.35. The minimum atomic E-state index is -0.348. The van der Waals surface area contributed by atoms with E-state index in [1.807, 2.05) is 0 Å². The number of hydrogen-bond acceptors (Lipinski definition) is 5. The molecule has 2 aromatic rings. The number of nitrogens with zero attached hydrogens (tertiary/aromatic N) is 2. The Labute approximate surface area is 115 Å². The molecule has 104 valence electrons. The second kappa shape index (κ2) is 5.05. The SMILES string of the molecule is COC1CC(Nc2ccc3ncccc3c2[N+](=O)[O-])C1. The molecule has 0 spiro atoms. The number of ether oxygens (including phenoxy) is 1. The first-order valence-electron chi connectivity index (χ1n) is 6.50. The third-order valence-corrected chi connectivity index (χ3v) is 3.73. The molecule has 3 rings (SSSR count). The molecule has 0 bridgehead atoms. The van der Waals surface area contributed by atoms with Gasteiger partial charge in [-0.25, -0.2) is 0 Å². The van der Waals surface area contributed by atoms with E-state index in [4.69, 9.17) is 4.74 Å². The molecule has 20 heavy (non-hydrogen) atoms.